The maximum atomic E-state index is 12.7. The van der Waals surface area contributed by atoms with Crippen LogP contribution in [0.25, 0.3) is 22.4 Å². The Hall–Kier alpha value is -3.84. The third kappa shape index (κ3) is 3.70. The number of aromatic nitrogens is 4. The Morgan fingerprint density at radius 2 is 1.73 bits per heavy atom. The van der Waals surface area contributed by atoms with E-state index in [0.717, 1.165) is 22.4 Å². The molecule has 146 valence electrons. The molecule has 0 saturated carbocycles. The molecule has 5 aromatic rings. The van der Waals surface area contributed by atoms with Gasteiger partial charge in [-0.25, -0.2) is 0 Å². The lowest BCUT2D eigenvalue weighted by molar-refractivity contribution is 0.306. The average molecular weight is 412 g/mol. The van der Waals surface area contributed by atoms with Crippen molar-refractivity contribution in [3.8, 4) is 17.1 Å². The summed E-state index contributed by atoms with van der Waals surface area (Å²) < 4.78 is 7.75. The van der Waals surface area contributed by atoms with Crippen molar-refractivity contribution in [2.75, 3.05) is 0 Å². The summed E-state index contributed by atoms with van der Waals surface area (Å²) in [7, 11) is 0. The number of pyridine rings is 1. The van der Waals surface area contributed by atoms with Crippen LogP contribution in [0.1, 0.15) is 11.1 Å². The highest BCUT2D eigenvalue weighted by Crippen LogP contribution is 2.16. The minimum absolute atomic E-state index is 0.174. The van der Waals surface area contributed by atoms with E-state index >= 15 is 0 Å². The summed E-state index contributed by atoms with van der Waals surface area (Å²) in [5, 5.41) is 4.35. The van der Waals surface area contributed by atoms with Crippen molar-refractivity contribution >= 4 is 22.4 Å². The fourth-order valence-electron chi connectivity index (χ4n) is 3.01. The van der Waals surface area contributed by atoms with E-state index in [9.17, 15) is 4.79 Å². The normalized spacial score (nSPS) is 11.8. The number of hydrogen-bond donors (Lipinski definition) is 0. The van der Waals surface area contributed by atoms with Crippen LogP contribution in [0.15, 0.2) is 83.9 Å². The first kappa shape index (κ1) is 18.2. The summed E-state index contributed by atoms with van der Waals surface area (Å²) in [6.45, 7) is 0.516. The summed E-state index contributed by atoms with van der Waals surface area (Å²) in [5.41, 5.74) is 2.69. The van der Waals surface area contributed by atoms with Crippen LogP contribution in [0.3, 0.4) is 0 Å². The van der Waals surface area contributed by atoms with E-state index in [4.69, 9.17) is 4.74 Å². The Bertz CT molecular complexity index is 1400. The van der Waals surface area contributed by atoms with Gasteiger partial charge in [0.25, 0.3) is 5.56 Å². The number of rotatable bonds is 5. The van der Waals surface area contributed by atoms with Crippen LogP contribution in [0.4, 0.5) is 0 Å². The van der Waals surface area contributed by atoms with Crippen LogP contribution in [-0.4, -0.2) is 19.6 Å². The third-order valence-electron chi connectivity index (χ3n) is 4.55. The second kappa shape index (κ2) is 7.88. The molecule has 0 spiro atoms. The van der Waals surface area contributed by atoms with Gasteiger partial charge in [-0.2, -0.15) is 9.50 Å². The van der Waals surface area contributed by atoms with Crippen LogP contribution < -0.4 is 14.8 Å². The van der Waals surface area contributed by atoms with E-state index in [1.165, 1.54) is 15.9 Å². The maximum Gasteiger partial charge on any atom is 0.291 e. The van der Waals surface area contributed by atoms with Crippen LogP contribution in [0, 0.1) is 0 Å². The first-order chi connectivity index (χ1) is 14.8. The fourth-order valence-corrected chi connectivity index (χ4v) is 3.92. The maximum absolute atomic E-state index is 12.7. The van der Waals surface area contributed by atoms with Crippen molar-refractivity contribution in [2.45, 2.75) is 6.61 Å². The Kier molecular flexibility index (Phi) is 4.78. The van der Waals surface area contributed by atoms with Gasteiger partial charge >= 0.3 is 0 Å². The number of hydrogen-bond acceptors (Lipinski definition) is 6. The van der Waals surface area contributed by atoms with Gasteiger partial charge in [-0.15, -0.1) is 5.10 Å². The monoisotopic (exact) mass is 412 g/mol. The lowest BCUT2D eigenvalue weighted by atomic mass is 10.2. The van der Waals surface area contributed by atoms with E-state index in [0.29, 0.717) is 21.9 Å². The van der Waals surface area contributed by atoms with Crippen molar-refractivity contribution in [1.29, 1.82) is 0 Å². The first-order valence-electron chi connectivity index (χ1n) is 9.35. The molecular weight excluding hydrogens is 396 g/mol. The molecule has 2 aromatic carbocycles. The Morgan fingerprint density at radius 3 is 2.47 bits per heavy atom. The molecule has 0 atom stereocenters. The molecule has 0 saturated heterocycles. The highest BCUT2D eigenvalue weighted by molar-refractivity contribution is 7.15. The molecule has 0 fully saturated rings. The lowest BCUT2D eigenvalue weighted by Gasteiger charge is -2.06. The molecule has 0 aliphatic rings. The molecule has 0 aliphatic heterocycles. The summed E-state index contributed by atoms with van der Waals surface area (Å²) in [5.74, 6) is 1.30. The van der Waals surface area contributed by atoms with Gasteiger partial charge in [0.05, 0.1) is 4.53 Å². The van der Waals surface area contributed by atoms with Gasteiger partial charge in [0.1, 0.15) is 12.4 Å². The van der Waals surface area contributed by atoms with E-state index in [1.54, 1.807) is 12.4 Å². The standard InChI is InChI=1S/C23H16N4O2S/c28-22-20(30-23-25-21(26-27(22)23)18-10-12-24-13-11-18)14-16-6-8-19(9-7-16)29-15-17-4-2-1-3-5-17/h1-14H,15H2/b20-14+. The number of benzene rings is 2. The van der Waals surface area contributed by atoms with E-state index in [1.807, 2.05) is 72.8 Å². The van der Waals surface area contributed by atoms with Crippen molar-refractivity contribution in [2.24, 2.45) is 0 Å². The Morgan fingerprint density at radius 1 is 0.967 bits per heavy atom. The van der Waals surface area contributed by atoms with Gasteiger partial charge in [-0.3, -0.25) is 9.78 Å². The Balaban J connectivity index is 1.37. The number of nitrogens with zero attached hydrogens (tertiary/aromatic N) is 4. The molecule has 5 rings (SSSR count). The summed E-state index contributed by atoms with van der Waals surface area (Å²) in [4.78, 5) is 21.7. The molecule has 3 heterocycles. The van der Waals surface area contributed by atoms with Crippen LogP contribution in [0.5, 0.6) is 5.75 Å². The second-order valence-corrected chi connectivity index (χ2v) is 7.63. The molecule has 0 N–H and O–H groups in total. The molecule has 0 amide bonds. The molecule has 6 nitrogen and oxygen atoms in total. The molecule has 0 radical (unpaired) electrons. The van der Waals surface area contributed by atoms with Gasteiger partial charge in [0.2, 0.25) is 4.96 Å². The highest BCUT2D eigenvalue weighted by Gasteiger charge is 2.11. The van der Waals surface area contributed by atoms with E-state index < -0.39 is 0 Å². The van der Waals surface area contributed by atoms with Crippen LogP contribution in [0.2, 0.25) is 0 Å². The van der Waals surface area contributed by atoms with Gasteiger partial charge in [0.15, 0.2) is 5.82 Å². The zero-order valence-corrected chi connectivity index (χ0v) is 16.6. The molecule has 3 aromatic heterocycles. The average Bonchev–Trinajstić information content (AvgIpc) is 3.34. The van der Waals surface area contributed by atoms with Gasteiger partial charge in [-0.1, -0.05) is 53.8 Å². The second-order valence-electron chi connectivity index (χ2n) is 6.62. The zero-order chi connectivity index (χ0) is 20.3. The van der Waals surface area contributed by atoms with Crippen molar-refractivity contribution < 1.29 is 4.74 Å². The predicted octanol–water partition coefficient (Wildman–Crippen LogP) is 3.34. The quantitative estimate of drug-likeness (QED) is 0.443. The van der Waals surface area contributed by atoms with Crippen LogP contribution >= 0.6 is 11.3 Å². The SMILES string of the molecule is O=c1/c(=C\c2ccc(OCc3ccccc3)cc2)sc2nc(-c3ccncc3)nn12. The minimum Gasteiger partial charge on any atom is -0.489 e. The molecule has 0 bridgehead atoms. The minimum atomic E-state index is -0.174. The van der Waals surface area contributed by atoms with E-state index in [2.05, 4.69) is 15.1 Å². The van der Waals surface area contributed by atoms with Gasteiger partial charge in [0, 0.05) is 18.0 Å². The molecule has 0 aliphatic carbocycles. The van der Waals surface area contributed by atoms with Crippen molar-refractivity contribution in [3.63, 3.8) is 0 Å². The van der Waals surface area contributed by atoms with Crippen LogP contribution in [-0.2, 0) is 6.61 Å². The van der Waals surface area contributed by atoms with Crippen molar-refractivity contribution in [1.82, 2.24) is 19.6 Å². The lowest BCUT2D eigenvalue weighted by Crippen LogP contribution is -2.23. The number of fused-ring (bicyclic) bond motifs is 1. The topological polar surface area (TPSA) is 69.4 Å². The largest absolute Gasteiger partial charge is 0.489 e. The van der Waals surface area contributed by atoms with Gasteiger partial charge < -0.3 is 4.74 Å². The Labute approximate surface area is 175 Å². The molecule has 0 unspecified atom stereocenters. The highest BCUT2D eigenvalue weighted by atomic mass is 32.1. The first-order valence-corrected chi connectivity index (χ1v) is 10.2. The number of thiazole rings is 1. The van der Waals surface area contributed by atoms with Gasteiger partial charge in [-0.05, 0) is 41.5 Å². The van der Waals surface area contributed by atoms with Crippen molar-refractivity contribution in [3.05, 3.63) is 105 Å². The van der Waals surface area contributed by atoms with E-state index in [-0.39, 0.29) is 5.56 Å². The fraction of sp³-hybridized carbons (Fsp3) is 0.0435. The molecular formula is C23H16N4O2S. The summed E-state index contributed by atoms with van der Waals surface area (Å²) in [6.07, 6.45) is 5.19. The summed E-state index contributed by atoms with van der Waals surface area (Å²) >= 11 is 1.32. The zero-order valence-electron chi connectivity index (χ0n) is 15.8. The third-order valence-corrected chi connectivity index (χ3v) is 5.51. The smallest absolute Gasteiger partial charge is 0.291 e. The molecule has 30 heavy (non-hydrogen) atoms. The summed E-state index contributed by atoms with van der Waals surface area (Å²) in [6, 6.07) is 21.3. The predicted molar refractivity (Wildman–Crippen MR) is 116 cm³/mol. The number of ether oxygens (including phenoxy) is 1. The molecule has 7 heteroatoms.